The first-order valence-electron chi connectivity index (χ1n) is 7.76. The van der Waals surface area contributed by atoms with Gasteiger partial charge in [0.05, 0.1) is 11.6 Å². The summed E-state index contributed by atoms with van der Waals surface area (Å²) in [5.41, 5.74) is 1.04. The predicted octanol–water partition coefficient (Wildman–Crippen LogP) is 4.12. The zero-order valence-electron chi connectivity index (χ0n) is 13.3. The van der Waals surface area contributed by atoms with E-state index in [0.717, 1.165) is 29.9 Å². The van der Waals surface area contributed by atoms with Crippen molar-refractivity contribution in [3.63, 3.8) is 0 Å². The van der Waals surface area contributed by atoms with E-state index in [1.54, 1.807) is 6.07 Å². The number of hydrogen-bond donors (Lipinski definition) is 0. The van der Waals surface area contributed by atoms with E-state index in [9.17, 15) is 4.79 Å². The average Bonchev–Trinajstić information content (AvgIpc) is 3.28. The van der Waals surface area contributed by atoms with Crippen LogP contribution in [-0.2, 0) is 11.3 Å². The summed E-state index contributed by atoms with van der Waals surface area (Å²) < 4.78 is 11.2. The third kappa shape index (κ3) is 4.08. The van der Waals surface area contributed by atoms with Crippen molar-refractivity contribution in [2.24, 2.45) is 0 Å². The van der Waals surface area contributed by atoms with Crippen LogP contribution in [0, 0.1) is 13.8 Å². The summed E-state index contributed by atoms with van der Waals surface area (Å²) >= 11 is 6.10. The molecule has 0 aliphatic heterocycles. The van der Waals surface area contributed by atoms with Crippen LogP contribution in [0.1, 0.15) is 29.9 Å². The molecule has 1 amide bonds. The standard InChI is InChI=1S/C18H20ClNO3/c1-12-3-8-16(19)17(9-12)22-11-18(21)20(14-5-6-14)10-15-7-4-13(2)23-15/h3-4,7-9,14H,5-6,10-11H2,1-2H3. The summed E-state index contributed by atoms with van der Waals surface area (Å²) in [7, 11) is 0. The minimum Gasteiger partial charge on any atom is -0.482 e. The third-order valence-electron chi connectivity index (χ3n) is 3.87. The van der Waals surface area contributed by atoms with Crippen LogP contribution < -0.4 is 4.74 Å². The number of rotatable bonds is 6. The van der Waals surface area contributed by atoms with Crippen molar-refractivity contribution in [1.82, 2.24) is 4.90 Å². The number of carbonyl (C=O) groups excluding carboxylic acids is 1. The summed E-state index contributed by atoms with van der Waals surface area (Å²) in [6.45, 7) is 4.33. The predicted molar refractivity (Wildman–Crippen MR) is 88.7 cm³/mol. The van der Waals surface area contributed by atoms with Crippen molar-refractivity contribution in [1.29, 1.82) is 0 Å². The Kier molecular flexibility index (Phi) is 4.62. The van der Waals surface area contributed by atoms with Gasteiger partial charge in [0.2, 0.25) is 0 Å². The summed E-state index contributed by atoms with van der Waals surface area (Å²) in [4.78, 5) is 14.4. The van der Waals surface area contributed by atoms with Gasteiger partial charge in [-0.05, 0) is 56.5 Å². The Balaban J connectivity index is 1.63. The molecule has 1 heterocycles. The first-order valence-corrected chi connectivity index (χ1v) is 8.14. The molecule has 0 unspecified atom stereocenters. The Hall–Kier alpha value is -1.94. The molecule has 1 aliphatic carbocycles. The number of ether oxygens (including phenoxy) is 1. The van der Waals surface area contributed by atoms with E-state index in [0.29, 0.717) is 23.4 Å². The quantitative estimate of drug-likeness (QED) is 0.798. The fraction of sp³-hybridized carbons (Fsp3) is 0.389. The van der Waals surface area contributed by atoms with Gasteiger partial charge < -0.3 is 14.1 Å². The van der Waals surface area contributed by atoms with Crippen LogP contribution in [0.4, 0.5) is 0 Å². The molecule has 3 rings (SSSR count). The van der Waals surface area contributed by atoms with E-state index in [-0.39, 0.29) is 12.5 Å². The molecule has 0 atom stereocenters. The first kappa shape index (κ1) is 15.9. The van der Waals surface area contributed by atoms with Gasteiger partial charge in [-0.2, -0.15) is 0 Å². The Labute approximate surface area is 141 Å². The Morgan fingerprint density at radius 3 is 2.74 bits per heavy atom. The molecule has 4 nitrogen and oxygen atoms in total. The molecule has 5 heteroatoms. The van der Waals surface area contributed by atoms with Crippen LogP contribution in [0.25, 0.3) is 0 Å². The van der Waals surface area contributed by atoms with Gasteiger partial charge in [-0.1, -0.05) is 17.7 Å². The van der Waals surface area contributed by atoms with Gasteiger partial charge in [0.25, 0.3) is 5.91 Å². The molecule has 1 saturated carbocycles. The molecule has 0 spiro atoms. The van der Waals surface area contributed by atoms with E-state index >= 15 is 0 Å². The average molecular weight is 334 g/mol. The molecule has 2 aromatic rings. The number of hydrogen-bond acceptors (Lipinski definition) is 3. The molecule has 0 N–H and O–H groups in total. The third-order valence-corrected chi connectivity index (χ3v) is 4.18. The number of amides is 1. The first-order chi connectivity index (χ1) is 11.0. The van der Waals surface area contributed by atoms with Crippen LogP contribution in [-0.4, -0.2) is 23.5 Å². The zero-order valence-corrected chi connectivity index (χ0v) is 14.1. The summed E-state index contributed by atoms with van der Waals surface area (Å²) in [5, 5.41) is 0.517. The number of carbonyl (C=O) groups is 1. The number of aryl methyl sites for hydroxylation is 2. The highest BCUT2D eigenvalue weighted by Gasteiger charge is 2.33. The van der Waals surface area contributed by atoms with Crippen molar-refractivity contribution in [3.05, 3.63) is 52.4 Å². The minimum absolute atomic E-state index is 0.0145. The maximum Gasteiger partial charge on any atom is 0.261 e. The van der Waals surface area contributed by atoms with Gasteiger partial charge in [-0.15, -0.1) is 0 Å². The second-order valence-electron chi connectivity index (χ2n) is 5.99. The summed E-state index contributed by atoms with van der Waals surface area (Å²) in [6, 6.07) is 9.65. The largest absolute Gasteiger partial charge is 0.482 e. The van der Waals surface area contributed by atoms with E-state index in [1.807, 2.05) is 43.0 Å². The summed E-state index contributed by atoms with van der Waals surface area (Å²) in [5.74, 6) is 2.16. The number of halogens is 1. The normalized spacial score (nSPS) is 13.9. The fourth-order valence-corrected chi connectivity index (χ4v) is 2.66. The molecule has 23 heavy (non-hydrogen) atoms. The lowest BCUT2D eigenvalue weighted by molar-refractivity contribution is -0.134. The van der Waals surface area contributed by atoms with Gasteiger partial charge >= 0.3 is 0 Å². The minimum atomic E-state index is -0.0425. The SMILES string of the molecule is Cc1ccc(Cl)c(OCC(=O)N(Cc2ccc(C)o2)C2CC2)c1. The van der Waals surface area contributed by atoms with Crippen LogP contribution >= 0.6 is 11.6 Å². The molecule has 122 valence electrons. The van der Waals surface area contributed by atoms with Crippen LogP contribution in [0.2, 0.25) is 5.02 Å². The molecule has 0 radical (unpaired) electrons. The molecular weight excluding hydrogens is 314 g/mol. The fourth-order valence-electron chi connectivity index (χ4n) is 2.49. The molecule has 1 aromatic heterocycles. The van der Waals surface area contributed by atoms with Crippen LogP contribution in [0.5, 0.6) is 5.75 Å². The number of nitrogens with zero attached hydrogens (tertiary/aromatic N) is 1. The van der Waals surface area contributed by atoms with Crippen molar-refractivity contribution < 1.29 is 13.9 Å². The number of furan rings is 1. The van der Waals surface area contributed by atoms with E-state index in [4.69, 9.17) is 20.8 Å². The molecular formula is C18H20ClNO3. The van der Waals surface area contributed by atoms with Gasteiger partial charge in [-0.3, -0.25) is 4.79 Å². The second-order valence-corrected chi connectivity index (χ2v) is 6.39. The highest BCUT2D eigenvalue weighted by molar-refractivity contribution is 6.32. The van der Waals surface area contributed by atoms with E-state index in [2.05, 4.69) is 0 Å². The Bertz CT molecular complexity index is 706. The lowest BCUT2D eigenvalue weighted by atomic mass is 10.2. The lowest BCUT2D eigenvalue weighted by Gasteiger charge is -2.21. The Morgan fingerprint density at radius 1 is 1.30 bits per heavy atom. The van der Waals surface area contributed by atoms with Crippen molar-refractivity contribution in [3.8, 4) is 5.75 Å². The van der Waals surface area contributed by atoms with Gasteiger partial charge in [0.15, 0.2) is 6.61 Å². The zero-order chi connectivity index (χ0) is 16.4. The van der Waals surface area contributed by atoms with Gasteiger partial charge in [-0.25, -0.2) is 0 Å². The maximum absolute atomic E-state index is 12.5. The van der Waals surface area contributed by atoms with E-state index in [1.165, 1.54) is 0 Å². The van der Waals surface area contributed by atoms with Crippen molar-refractivity contribution in [2.45, 2.75) is 39.3 Å². The number of benzene rings is 1. The molecule has 1 fully saturated rings. The summed E-state index contributed by atoms with van der Waals surface area (Å²) in [6.07, 6.45) is 2.08. The topological polar surface area (TPSA) is 42.7 Å². The van der Waals surface area contributed by atoms with Crippen molar-refractivity contribution >= 4 is 17.5 Å². The van der Waals surface area contributed by atoms with Gasteiger partial charge in [0.1, 0.15) is 17.3 Å². The van der Waals surface area contributed by atoms with Crippen LogP contribution in [0.15, 0.2) is 34.7 Å². The highest BCUT2D eigenvalue weighted by atomic mass is 35.5. The molecule has 1 aromatic carbocycles. The van der Waals surface area contributed by atoms with Crippen LogP contribution in [0.3, 0.4) is 0 Å². The Morgan fingerprint density at radius 2 is 2.09 bits per heavy atom. The monoisotopic (exact) mass is 333 g/mol. The van der Waals surface area contributed by atoms with Crippen molar-refractivity contribution in [2.75, 3.05) is 6.61 Å². The smallest absolute Gasteiger partial charge is 0.261 e. The van der Waals surface area contributed by atoms with Gasteiger partial charge in [0, 0.05) is 6.04 Å². The molecule has 0 saturated heterocycles. The second kappa shape index (κ2) is 6.67. The van der Waals surface area contributed by atoms with E-state index < -0.39 is 0 Å². The maximum atomic E-state index is 12.5. The molecule has 0 bridgehead atoms. The highest BCUT2D eigenvalue weighted by Crippen LogP contribution is 2.30. The molecule has 1 aliphatic rings. The lowest BCUT2D eigenvalue weighted by Crippen LogP contribution is -2.36.